The number of hydrogen-bond acceptors (Lipinski definition) is 4. The van der Waals surface area contributed by atoms with E-state index in [4.69, 9.17) is 14.8 Å². The maximum atomic E-state index is 9.28. The van der Waals surface area contributed by atoms with Crippen LogP contribution in [0.4, 0.5) is 0 Å². The van der Waals surface area contributed by atoms with E-state index in [9.17, 15) is 5.11 Å². The average Bonchev–Trinajstić information content (AvgIpc) is 2.55. The summed E-state index contributed by atoms with van der Waals surface area (Å²) in [6.45, 7) is -0.670. The van der Waals surface area contributed by atoms with Gasteiger partial charge in [0.05, 0.1) is 12.9 Å². The summed E-state index contributed by atoms with van der Waals surface area (Å²) in [5.41, 5.74) is -1.90. The van der Waals surface area contributed by atoms with Crippen molar-refractivity contribution < 1.29 is 14.6 Å². The highest BCUT2D eigenvalue weighted by atomic mass is 16.4. The van der Waals surface area contributed by atoms with E-state index >= 15 is 0 Å². The lowest BCUT2D eigenvalue weighted by Crippen LogP contribution is -2.27. The van der Waals surface area contributed by atoms with Crippen molar-refractivity contribution in [2.75, 3.05) is 6.61 Å². The molecule has 1 aromatic rings. The van der Waals surface area contributed by atoms with Crippen molar-refractivity contribution in [3.8, 4) is 6.07 Å². The first-order valence-electron chi connectivity index (χ1n) is 3.01. The van der Waals surface area contributed by atoms with Gasteiger partial charge in [0.15, 0.2) is 5.76 Å². The molecule has 0 radical (unpaired) electrons. The maximum Gasteiger partial charge on any atom is 0.232 e. The van der Waals surface area contributed by atoms with E-state index in [0.29, 0.717) is 0 Å². The Morgan fingerprint density at radius 2 is 2.45 bits per heavy atom. The topological polar surface area (TPSA) is 77.4 Å². The molecule has 0 fully saturated rings. The molecule has 1 heterocycles. The minimum atomic E-state index is -1.90. The van der Waals surface area contributed by atoms with Gasteiger partial charge in [0.25, 0.3) is 0 Å². The summed E-state index contributed by atoms with van der Waals surface area (Å²) in [7, 11) is 0. The van der Waals surface area contributed by atoms with Crippen LogP contribution in [0, 0.1) is 11.3 Å². The smallest absolute Gasteiger partial charge is 0.232 e. The molecule has 0 aliphatic rings. The van der Waals surface area contributed by atoms with Crippen LogP contribution in [-0.2, 0) is 5.60 Å². The molecule has 2 N–H and O–H groups in total. The van der Waals surface area contributed by atoms with Gasteiger partial charge >= 0.3 is 0 Å². The lowest BCUT2D eigenvalue weighted by molar-refractivity contribution is 0.0133. The van der Waals surface area contributed by atoms with Crippen molar-refractivity contribution in [1.29, 1.82) is 5.26 Å². The van der Waals surface area contributed by atoms with Crippen LogP contribution < -0.4 is 0 Å². The molecule has 0 bridgehead atoms. The van der Waals surface area contributed by atoms with E-state index in [2.05, 4.69) is 0 Å². The molecule has 0 aliphatic carbocycles. The molecule has 1 atom stereocenters. The third-order valence-corrected chi connectivity index (χ3v) is 1.34. The highest BCUT2D eigenvalue weighted by molar-refractivity contribution is 5.18. The number of aliphatic hydroxyl groups is 2. The molecule has 11 heavy (non-hydrogen) atoms. The summed E-state index contributed by atoms with van der Waals surface area (Å²) >= 11 is 0. The second-order valence-electron chi connectivity index (χ2n) is 2.11. The molecular weight excluding hydrogens is 146 g/mol. The van der Waals surface area contributed by atoms with Crippen LogP contribution in [0.2, 0.25) is 0 Å². The van der Waals surface area contributed by atoms with Crippen molar-refractivity contribution in [1.82, 2.24) is 0 Å². The van der Waals surface area contributed by atoms with Gasteiger partial charge in [0.2, 0.25) is 5.60 Å². The normalized spacial score (nSPS) is 15.4. The van der Waals surface area contributed by atoms with Crippen LogP contribution in [-0.4, -0.2) is 16.8 Å². The van der Waals surface area contributed by atoms with Crippen LogP contribution in [0.15, 0.2) is 22.8 Å². The van der Waals surface area contributed by atoms with Gasteiger partial charge in [-0.1, -0.05) is 0 Å². The Kier molecular flexibility index (Phi) is 1.94. The van der Waals surface area contributed by atoms with Gasteiger partial charge in [0, 0.05) is 0 Å². The second-order valence-corrected chi connectivity index (χ2v) is 2.11. The Morgan fingerprint density at radius 3 is 2.82 bits per heavy atom. The maximum absolute atomic E-state index is 9.28. The fourth-order valence-electron chi connectivity index (χ4n) is 0.682. The third kappa shape index (κ3) is 1.24. The third-order valence-electron chi connectivity index (χ3n) is 1.34. The molecule has 58 valence electrons. The zero-order valence-electron chi connectivity index (χ0n) is 5.69. The van der Waals surface area contributed by atoms with E-state index in [1.807, 2.05) is 0 Å². The molecule has 1 aromatic heterocycles. The van der Waals surface area contributed by atoms with Crippen molar-refractivity contribution in [3.63, 3.8) is 0 Å². The molecule has 4 nitrogen and oxygen atoms in total. The molecular formula is C7H7NO3. The fourth-order valence-corrected chi connectivity index (χ4v) is 0.682. The second kappa shape index (κ2) is 2.74. The summed E-state index contributed by atoms with van der Waals surface area (Å²) in [4.78, 5) is 0. The molecule has 0 aromatic carbocycles. The average molecular weight is 153 g/mol. The van der Waals surface area contributed by atoms with Crippen molar-refractivity contribution >= 4 is 0 Å². The van der Waals surface area contributed by atoms with Gasteiger partial charge in [0.1, 0.15) is 6.07 Å². The van der Waals surface area contributed by atoms with Gasteiger partial charge in [-0.15, -0.1) is 0 Å². The zero-order chi connectivity index (χ0) is 8.32. The Labute approximate surface area is 63.3 Å². The number of hydrogen-bond donors (Lipinski definition) is 2. The summed E-state index contributed by atoms with van der Waals surface area (Å²) in [6, 6.07) is 4.51. The monoisotopic (exact) mass is 153 g/mol. The predicted molar refractivity (Wildman–Crippen MR) is 35.3 cm³/mol. The van der Waals surface area contributed by atoms with Crippen LogP contribution in [0.1, 0.15) is 5.76 Å². The first-order valence-corrected chi connectivity index (χ1v) is 3.01. The van der Waals surface area contributed by atoms with Gasteiger partial charge in [-0.3, -0.25) is 0 Å². The summed E-state index contributed by atoms with van der Waals surface area (Å²) in [5, 5.41) is 26.3. The highest BCUT2D eigenvalue weighted by Crippen LogP contribution is 2.19. The lowest BCUT2D eigenvalue weighted by atomic mass is 10.1. The number of nitriles is 1. The molecule has 1 rings (SSSR count). The van der Waals surface area contributed by atoms with Gasteiger partial charge in [-0.2, -0.15) is 5.26 Å². The van der Waals surface area contributed by atoms with Crippen molar-refractivity contribution in [2.24, 2.45) is 0 Å². The van der Waals surface area contributed by atoms with E-state index in [1.165, 1.54) is 18.4 Å². The Hall–Kier alpha value is -1.31. The summed E-state index contributed by atoms with van der Waals surface area (Å²) in [6.07, 6.45) is 1.33. The van der Waals surface area contributed by atoms with Gasteiger partial charge in [-0.05, 0) is 12.1 Å². The number of aliphatic hydroxyl groups excluding tert-OH is 1. The largest absolute Gasteiger partial charge is 0.465 e. The Morgan fingerprint density at radius 1 is 1.73 bits per heavy atom. The van der Waals surface area contributed by atoms with E-state index in [0.717, 1.165) is 0 Å². The zero-order valence-corrected chi connectivity index (χ0v) is 5.69. The fraction of sp³-hybridized carbons (Fsp3) is 0.286. The van der Waals surface area contributed by atoms with Crippen molar-refractivity contribution in [2.45, 2.75) is 5.60 Å². The minimum absolute atomic E-state index is 0.0579. The highest BCUT2D eigenvalue weighted by Gasteiger charge is 2.31. The van der Waals surface area contributed by atoms with Crippen molar-refractivity contribution in [3.05, 3.63) is 24.2 Å². The number of rotatable bonds is 2. The first-order chi connectivity index (χ1) is 5.23. The number of nitrogens with zero attached hydrogens (tertiary/aromatic N) is 1. The first kappa shape index (κ1) is 7.79. The van der Waals surface area contributed by atoms with Crippen LogP contribution in [0.25, 0.3) is 0 Å². The molecule has 4 heteroatoms. The van der Waals surface area contributed by atoms with E-state index < -0.39 is 12.2 Å². The number of furan rings is 1. The van der Waals surface area contributed by atoms with Crippen LogP contribution >= 0.6 is 0 Å². The SMILES string of the molecule is N#CC(O)(CO)c1ccco1. The lowest BCUT2D eigenvalue weighted by Gasteiger charge is -2.12. The molecule has 0 saturated carbocycles. The van der Waals surface area contributed by atoms with Crippen LogP contribution in [0.3, 0.4) is 0 Å². The minimum Gasteiger partial charge on any atom is -0.465 e. The van der Waals surface area contributed by atoms with E-state index in [1.54, 1.807) is 6.07 Å². The summed E-state index contributed by atoms with van der Waals surface area (Å²) in [5.74, 6) is 0.0579. The Balaban J connectivity index is 2.99. The molecule has 0 spiro atoms. The van der Waals surface area contributed by atoms with Gasteiger partial charge in [-0.25, -0.2) is 0 Å². The van der Waals surface area contributed by atoms with Crippen LogP contribution in [0.5, 0.6) is 0 Å². The quantitative estimate of drug-likeness (QED) is 0.585. The molecule has 0 amide bonds. The van der Waals surface area contributed by atoms with E-state index in [-0.39, 0.29) is 5.76 Å². The predicted octanol–water partition coefficient (Wildman–Crippen LogP) is -0.0169. The molecule has 0 aliphatic heterocycles. The molecule has 1 unspecified atom stereocenters. The molecule has 0 saturated heterocycles. The Bertz CT molecular complexity index is 262. The standard InChI is InChI=1S/C7H7NO3/c8-4-7(10,5-9)6-2-1-3-11-6/h1-3,9-10H,5H2. The summed E-state index contributed by atoms with van der Waals surface area (Å²) < 4.78 is 4.75. The van der Waals surface area contributed by atoms with Gasteiger partial charge < -0.3 is 14.6 Å².